The SMILES string of the molecule is CCCCNC(=O)[C@H](Cc1ccccc1)N(Cc1cccc(Br)c1)C(=O)CCCN(c1cccc(C(F)(F)F)c1)S(C)(=O)=O. The molecule has 2 amide bonds. The van der Waals surface area contributed by atoms with Gasteiger partial charge in [0.05, 0.1) is 17.5 Å². The second-order valence-electron chi connectivity index (χ2n) is 10.5. The van der Waals surface area contributed by atoms with Crippen molar-refractivity contribution >= 4 is 43.5 Å². The van der Waals surface area contributed by atoms with Crippen molar-refractivity contribution in [2.24, 2.45) is 0 Å². The van der Waals surface area contributed by atoms with E-state index in [-0.39, 0.29) is 49.9 Å². The Hall–Kier alpha value is -3.38. The van der Waals surface area contributed by atoms with Crippen LogP contribution in [0.25, 0.3) is 0 Å². The molecule has 3 aromatic rings. The number of nitrogens with one attached hydrogen (secondary N) is 1. The van der Waals surface area contributed by atoms with Crippen molar-refractivity contribution in [3.63, 3.8) is 0 Å². The van der Waals surface area contributed by atoms with Gasteiger partial charge in [-0.05, 0) is 54.3 Å². The maximum Gasteiger partial charge on any atom is 0.416 e. The molecule has 0 saturated carbocycles. The van der Waals surface area contributed by atoms with Crippen LogP contribution >= 0.6 is 15.9 Å². The van der Waals surface area contributed by atoms with Crippen LogP contribution < -0.4 is 9.62 Å². The van der Waals surface area contributed by atoms with Gasteiger partial charge in [-0.25, -0.2) is 8.42 Å². The second-order valence-corrected chi connectivity index (χ2v) is 13.3. The molecule has 0 aliphatic rings. The first kappa shape index (κ1) is 35.1. The molecule has 1 N–H and O–H groups in total. The van der Waals surface area contributed by atoms with Gasteiger partial charge in [-0.15, -0.1) is 0 Å². The molecule has 1 atom stereocenters. The Morgan fingerprint density at radius 3 is 2.25 bits per heavy atom. The number of sulfonamides is 1. The molecular formula is C32H37BrF3N3O4S. The smallest absolute Gasteiger partial charge is 0.354 e. The Morgan fingerprint density at radius 2 is 1.61 bits per heavy atom. The highest BCUT2D eigenvalue weighted by Crippen LogP contribution is 2.32. The van der Waals surface area contributed by atoms with Crippen LogP contribution in [0.3, 0.4) is 0 Å². The van der Waals surface area contributed by atoms with Crippen LogP contribution in [-0.4, -0.2) is 50.5 Å². The number of benzene rings is 3. The molecule has 0 unspecified atom stereocenters. The number of halogens is 4. The van der Waals surface area contributed by atoms with Crippen LogP contribution in [0.5, 0.6) is 0 Å². The van der Waals surface area contributed by atoms with Crippen molar-refractivity contribution in [1.29, 1.82) is 0 Å². The summed E-state index contributed by atoms with van der Waals surface area (Å²) in [5.74, 6) is -0.679. The average molecular weight is 697 g/mol. The topological polar surface area (TPSA) is 86.8 Å². The van der Waals surface area contributed by atoms with Crippen LogP contribution in [0.4, 0.5) is 18.9 Å². The van der Waals surface area contributed by atoms with E-state index >= 15 is 0 Å². The van der Waals surface area contributed by atoms with E-state index in [4.69, 9.17) is 0 Å². The molecule has 3 rings (SSSR count). The molecular weight excluding hydrogens is 659 g/mol. The van der Waals surface area contributed by atoms with Gasteiger partial charge in [0.25, 0.3) is 0 Å². The van der Waals surface area contributed by atoms with Gasteiger partial charge in [-0.2, -0.15) is 13.2 Å². The number of hydrogen-bond acceptors (Lipinski definition) is 4. The third-order valence-electron chi connectivity index (χ3n) is 6.96. The van der Waals surface area contributed by atoms with Crippen LogP contribution in [0.1, 0.15) is 49.3 Å². The fourth-order valence-corrected chi connectivity index (χ4v) is 6.14. The summed E-state index contributed by atoms with van der Waals surface area (Å²) in [6.45, 7) is 2.37. The standard InChI is InChI=1S/C32H37BrF3N3O4S/c1-3-4-18-37-31(41)29(21-24-11-6-5-7-12-24)38(23-25-13-8-15-27(33)20-25)30(40)17-10-19-39(44(2,42)43)28-16-9-14-26(22-28)32(34,35)36/h5-9,11-16,20,22,29H,3-4,10,17-19,21,23H2,1-2H3,(H,37,41)/t29-/m0/s1. The van der Waals surface area contributed by atoms with E-state index in [9.17, 15) is 31.2 Å². The predicted molar refractivity (Wildman–Crippen MR) is 169 cm³/mol. The first-order chi connectivity index (χ1) is 20.8. The highest BCUT2D eigenvalue weighted by atomic mass is 79.9. The molecule has 44 heavy (non-hydrogen) atoms. The fraction of sp³-hybridized carbons (Fsp3) is 0.375. The van der Waals surface area contributed by atoms with Crippen molar-refractivity contribution in [1.82, 2.24) is 10.2 Å². The summed E-state index contributed by atoms with van der Waals surface area (Å²) in [5.41, 5.74) is 0.535. The van der Waals surface area contributed by atoms with Crippen molar-refractivity contribution in [3.05, 3.63) is 100 Å². The summed E-state index contributed by atoms with van der Waals surface area (Å²) in [5, 5.41) is 2.95. The highest BCUT2D eigenvalue weighted by Gasteiger charge is 2.32. The first-order valence-corrected chi connectivity index (χ1v) is 16.9. The van der Waals surface area contributed by atoms with Crippen molar-refractivity contribution in [2.75, 3.05) is 23.7 Å². The minimum Gasteiger partial charge on any atom is -0.354 e. The first-order valence-electron chi connectivity index (χ1n) is 14.3. The largest absolute Gasteiger partial charge is 0.416 e. The van der Waals surface area contributed by atoms with E-state index in [1.165, 1.54) is 11.0 Å². The molecule has 0 aromatic heterocycles. The maximum atomic E-state index is 13.9. The molecule has 7 nitrogen and oxygen atoms in total. The molecule has 0 spiro atoms. The minimum atomic E-state index is -4.65. The molecule has 0 fully saturated rings. The maximum absolute atomic E-state index is 13.9. The zero-order valence-electron chi connectivity index (χ0n) is 24.7. The van der Waals surface area contributed by atoms with Crippen molar-refractivity contribution in [3.8, 4) is 0 Å². The monoisotopic (exact) mass is 695 g/mol. The molecule has 0 saturated heterocycles. The zero-order valence-corrected chi connectivity index (χ0v) is 27.1. The lowest BCUT2D eigenvalue weighted by atomic mass is 10.0. The molecule has 0 aliphatic heterocycles. The third-order valence-corrected chi connectivity index (χ3v) is 8.64. The van der Waals surface area contributed by atoms with Gasteiger partial charge in [0.15, 0.2) is 0 Å². The lowest BCUT2D eigenvalue weighted by Crippen LogP contribution is -2.50. The second kappa shape index (κ2) is 16.1. The molecule has 0 radical (unpaired) electrons. The summed E-state index contributed by atoms with van der Waals surface area (Å²) >= 11 is 3.45. The molecule has 12 heteroatoms. The van der Waals surface area contributed by atoms with Crippen LogP contribution in [0.15, 0.2) is 83.3 Å². The van der Waals surface area contributed by atoms with E-state index in [0.717, 1.165) is 57.2 Å². The Labute approximate surface area is 265 Å². The lowest BCUT2D eigenvalue weighted by Gasteiger charge is -2.32. The van der Waals surface area contributed by atoms with Gasteiger partial charge in [0.1, 0.15) is 6.04 Å². The Kier molecular flexibility index (Phi) is 12.8. The van der Waals surface area contributed by atoms with Gasteiger partial charge in [-0.1, -0.05) is 77.8 Å². The number of rotatable bonds is 15. The summed E-state index contributed by atoms with van der Waals surface area (Å²) in [6, 6.07) is 19.9. The Morgan fingerprint density at radius 1 is 0.932 bits per heavy atom. The summed E-state index contributed by atoms with van der Waals surface area (Å²) < 4.78 is 66.8. The summed E-state index contributed by atoms with van der Waals surface area (Å²) in [6.07, 6.45) is -1.93. The summed E-state index contributed by atoms with van der Waals surface area (Å²) in [7, 11) is -3.96. The Balaban J connectivity index is 1.89. The van der Waals surface area contributed by atoms with Gasteiger partial charge < -0.3 is 10.2 Å². The predicted octanol–water partition coefficient (Wildman–Crippen LogP) is 6.57. The van der Waals surface area contributed by atoms with E-state index in [2.05, 4.69) is 21.2 Å². The number of amides is 2. The fourth-order valence-electron chi connectivity index (χ4n) is 4.73. The number of nitrogens with zero attached hydrogens (tertiary/aromatic N) is 2. The van der Waals surface area contributed by atoms with Gasteiger partial charge in [0.2, 0.25) is 21.8 Å². The van der Waals surface area contributed by atoms with Crippen LogP contribution in [-0.2, 0) is 38.8 Å². The molecule has 0 aliphatic carbocycles. The van der Waals surface area contributed by atoms with Gasteiger partial charge >= 0.3 is 6.18 Å². The van der Waals surface area contributed by atoms with Crippen LogP contribution in [0.2, 0.25) is 0 Å². The normalized spacial score (nSPS) is 12.4. The molecule has 0 bridgehead atoms. The average Bonchev–Trinajstić information content (AvgIpc) is 2.96. The number of carbonyl (C=O) groups excluding carboxylic acids is 2. The van der Waals surface area contributed by atoms with Crippen molar-refractivity contribution < 1.29 is 31.2 Å². The van der Waals surface area contributed by atoms with E-state index in [1.54, 1.807) is 0 Å². The molecule has 238 valence electrons. The van der Waals surface area contributed by atoms with E-state index < -0.39 is 27.8 Å². The number of hydrogen-bond donors (Lipinski definition) is 1. The van der Waals surface area contributed by atoms with E-state index in [0.29, 0.717) is 6.54 Å². The number of unbranched alkanes of at least 4 members (excludes halogenated alkanes) is 1. The number of carbonyl (C=O) groups is 2. The zero-order chi connectivity index (χ0) is 32.3. The summed E-state index contributed by atoms with van der Waals surface area (Å²) in [4.78, 5) is 28.9. The Bertz CT molecular complexity index is 1500. The molecule has 3 aromatic carbocycles. The highest BCUT2D eigenvalue weighted by molar-refractivity contribution is 9.10. The third kappa shape index (κ3) is 10.7. The number of alkyl halides is 3. The van der Waals surface area contributed by atoms with Gasteiger partial charge in [0, 0.05) is 36.9 Å². The van der Waals surface area contributed by atoms with Crippen molar-refractivity contribution in [2.45, 2.75) is 57.8 Å². The quantitative estimate of drug-likeness (QED) is 0.182. The van der Waals surface area contributed by atoms with Gasteiger partial charge in [-0.3, -0.25) is 13.9 Å². The lowest BCUT2D eigenvalue weighted by molar-refractivity contribution is -0.141. The van der Waals surface area contributed by atoms with Crippen LogP contribution in [0, 0.1) is 0 Å². The number of anilines is 1. The molecule has 0 heterocycles. The minimum absolute atomic E-state index is 0.0205. The van der Waals surface area contributed by atoms with E-state index in [1.807, 2.05) is 61.5 Å².